The molecule has 3 N–H and O–H groups in total. The van der Waals surface area contributed by atoms with E-state index in [1.165, 1.54) is 18.2 Å². The van der Waals surface area contributed by atoms with Gasteiger partial charge in [-0.05, 0) is 25.1 Å². The Morgan fingerprint density at radius 3 is 2.45 bits per heavy atom. The second kappa shape index (κ2) is 6.58. The highest BCUT2D eigenvalue weighted by atomic mass is 16.3. The van der Waals surface area contributed by atoms with Crippen LogP contribution >= 0.6 is 0 Å². The third kappa shape index (κ3) is 3.20. The van der Waals surface area contributed by atoms with E-state index >= 15 is 0 Å². The lowest BCUT2D eigenvalue weighted by molar-refractivity contribution is 0.0754. The third-order valence-corrected chi connectivity index (χ3v) is 3.53. The van der Waals surface area contributed by atoms with Gasteiger partial charge in [0.05, 0.1) is 6.61 Å². The molecule has 6 heteroatoms. The summed E-state index contributed by atoms with van der Waals surface area (Å²) in [6, 6.07) is 4.28. The molecule has 6 nitrogen and oxygen atoms in total. The molecule has 1 aromatic rings. The van der Waals surface area contributed by atoms with Crippen LogP contribution in [0, 0.1) is 0 Å². The molecule has 2 rings (SSSR count). The van der Waals surface area contributed by atoms with Gasteiger partial charge in [0, 0.05) is 26.2 Å². The van der Waals surface area contributed by atoms with E-state index in [0.29, 0.717) is 26.2 Å². The first-order valence-corrected chi connectivity index (χ1v) is 6.77. The molecule has 0 spiro atoms. The number of hydrogen-bond acceptors (Lipinski definition) is 5. The summed E-state index contributed by atoms with van der Waals surface area (Å²) in [5.74, 6) is -0.760. The van der Waals surface area contributed by atoms with Crippen LogP contribution < -0.4 is 0 Å². The number of aliphatic hydroxyl groups excluding tert-OH is 1. The van der Waals surface area contributed by atoms with Gasteiger partial charge in [-0.1, -0.05) is 6.07 Å². The van der Waals surface area contributed by atoms with Crippen molar-refractivity contribution in [1.29, 1.82) is 0 Å². The van der Waals surface area contributed by atoms with Gasteiger partial charge in [0.1, 0.15) is 17.1 Å². The normalized spacial score (nSPS) is 16.9. The van der Waals surface area contributed by atoms with E-state index in [9.17, 15) is 15.0 Å². The quantitative estimate of drug-likeness (QED) is 0.738. The molecule has 0 saturated carbocycles. The summed E-state index contributed by atoms with van der Waals surface area (Å²) >= 11 is 0. The monoisotopic (exact) mass is 280 g/mol. The van der Waals surface area contributed by atoms with E-state index in [0.717, 1.165) is 13.0 Å². The Morgan fingerprint density at radius 2 is 1.80 bits per heavy atom. The number of carbonyl (C=O) groups excluding carboxylic acids is 1. The van der Waals surface area contributed by atoms with E-state index in [1.807, 2.05) is 0 Å². The molecule has 1 fully saturated rings. The van der Waals surface area contributed by atoms with Crippen LogP contribution in [0.5, 0.6) is 11.5 Å². The number of nitrogens with zero attached hydrogens (tertiary/aromatic N) is 2. The molecular formula is C14H20N2O4. The van der Waals surface area contributed by atoms with Gasteiger partial charge < -0.3 is 20.2 Å². The summed E-state index contributed by atoms with van der Waals surface area (Å²) in [6.45, 7) is 3.32. The Bertz CT molecular complexity index is 458. The van der Waals surface area contributed by atoms with Gasteiger partial charge in [-0.3, -0.25) is 9.69 Å². The van der Waals surface area contributed by atoms with E-state index < -0.39 is 0 Å². The second-order valence-corrected chi connectivity index (χ2v) is 4.88. The minimum Gasteiger partial charge on any atom is -0.507 e. The smallest absolute Gasteiger partial charge is 0.261 e. The van der Waals surface area contributed by atoms with Crippen molar-refractivity contribution in [3.05, 3.63) is 23.8 Å². The fraction of sp³-hybridized carbons (Fsp3) is 0.500. The van der Waals surface area contributed by atoms with Gasteiger partial charge in [-0.2, -0.15) is 0 Å². The highest BCUT2D eigenvalue weighted by Crippen LogP contribution is 2.27. The lowest BCUT2D eigenvalue weighted by atomic mass is 10.1. The van der Waals surface area contributed by atoms with Crippen molar-refractivity contribution in [2.75, 3.05) is 39.3 Å². The number of phenolic OH excluding ortho intramolecular Hbond substituents is 2. The summed E-state index contributed by atoms with van der Waals surface area (Å²) in [6.07, 6.45) is 0.806. The van der Waals surface area contributed by atoms with Crippen molar-refractivity contribution in [1.82, 2.24) is 9.80 Å². The first-order chi connectivity index (χ1) is 9.63. The van der Waals surface area contributed by atoms with Crippen LogP contribution in [0.25, 0.3) is 0 Å². The van der Waals surface area contributed by atoms with Gasteiger partial charge in [0.2, 0.25) is 0 Å². The van der Waals surface area contributed by atoms with Crippen LogP contribution in [0.3, 0.4) is 0 Å². The average Bonchev–Trinajstić information content (AvgIpc) is 2.64. The van der Waals surface area contributed by atoms with Gasteiger partial charge in [0.25, 0.3) is 5.91 Å². The van der Waals surface area contributed by atoms with E-state index in [2.05, 4.69) is 4.90 Å². The molecule has 0 aromatic heterocycles. The maximum atomic E-state index is 12.4. The maximum Gasteiger partial charge on any atom is 0.261 e. The SMILES string of the molecule is O=C(c1c(O)cccc1O)N1CCCN(CCO)CC1. The van der Waals surface area contributed by atoms with Crippen molar-refractivity contribution in [3.63, 3.8) is 0 Å². The summed E-state index contributed by atoms with van der Waals surface area (Å²) in [5, 5.41) is 28.4. The maximum absolute atomic E-state index is 12.4. The highest BCUT2D eigenvalue weighted by Gasteiger charge is 2.24. The molecule has 0 aliphatic carbocycles. The summed E-state index contributed by atoms with van der Waals surface area (Å²) in [4.78, 5) is 16.1. The van der Waals surface area contributed by atoms with E-state index in [4.69, 9.17) is 5.11 Å². The number of aliphatic hydroxyl groups is 1. The number of phenols is 2. The Morgan fingerprint density at radius 1 is 1.10 bits per heavy atom. The molecular weight excluding hydrogens is 260 g/mol. The number of amides is 1. The van der Waals surface area contributed by atoms with Crippen molar-refractivity contribution in [2.45, 2.75) is 6.42 Å². The average molecular weight is 280 g/mol. The predicted molar refractivity (Wildman–Crippen MR) is 73.8 cm³/mol. The Hall–Kier alpha value is -1.79. The lowest BCUT2D eigenvalue weighted by Crippen LogP contribution is -2.36. The highest BCUT2D eigenvalue weighted by molar-refractivity contribution is 5.99. The first-order valence-electron chi connectivity index (χ1n) is 6.77. The molecule has 1 aliphatic rings. The minimum absolute atomic E-state index is 0.0388. The summed E-state index contributed by atoms with van der Waals surface area (Å²) in [7, 11) is 0. The van der Waals surface area contributed by atoms with Crippen LogP contribution in [0.15, 0.2) is 18.2 Å². The number of hydrogen-bond donors (Lipinski definition) is 3. The molecule has 0 atom stereocenters. The molecule has 1 saturated heterocycles. The number of carbonyl (C=O) groups is 1. The first kappa shape index (κ1) is 14.6. The van der Waals surface area contributed by atoms with E-state index in [-0.39, 0.29) is 29.6 Å². The van der Waals surface area contributed by atoms with Crippen LogP contribution in [0.1, 0.15) is 16.8 Å². The molecule has 1 aliphatic heterocycles. The third-order valence-electron chi connectivity index (χ3n) is 3.53. The molecule has 20 heavy (non-hydrogen) atoms. The van der Waals surface area contributed by atoms with Gasteiger partial charge >= 0.3 is 0 Å². The predicted octanol–water partition coefficient (Wildman–Crippen LogP) is 0.238. The molecule has 0 bridgehead atoms. The Labute approximate surface area is 117 Å². The molecule has 110 valence electrons. The molecule has 0 unspecified atom stereocenters. The number of β-amino-alcohol motifs (C(OH)–C–C–N with tert-alkyl or cyclic N) is 1. The largest absolute Gasteiger partial charge is 0.507 e. The molecule has 1 amide bonds. The zero-order valence-electron chi connectivity index (χ0n) is 11.3. The van der Waals surface area contributed by atoms with Crippen molar-refractivity contribution in [3.8, 4) is 11.5 Å². The van der Waals surface area contributed by atoms with Gasteiger partial charge in [0.15, 0.2) is 0 Å². The van der Waals surface area contributed by atoms with E-state index in [1.54, 1.807) is 4.90 Å². The van der Waals surface area contributed by atoms with Crippen LogP contribution in [0.2, 0.25) is 0 Å². The zero-order chi connectivity index (χ0) is 14.5. The minimum atomic E-state index is -0.355. The fourth-order valence-electron chi connectivity index (χ4n) is 2.44. The van der Waals surface area contributed by atoms with Crippen LogP contribution in [-0.2, 0) is 0 Å². The number of benzene rings is 1. The Balaban J connectivity index is 2.10. The lowest BCUT2D eigenvalue weighted by Gasteiger charge is -2.22. The molecule has 1 heterocycles. The molecule has 0 radical (unpaired) electrons. The number of rotatable bonds is 3. The van der Waals surface area contributed by atoms with Crippen molar-refractivity contribution >= 4 is 5.91 Å². The van der Waals surface area contributed by atoms with Gasteiger partial charge in [-0.15, -0.1) is 0 Å². The van der Waals surface area contributed by atoms with Gasteiger partial charge in [-0.25, -0.2) is 0 Å². The van der Waals surface area contributed by atoms with Crippen LogP contribution in [0.4, 0.5) is 0 Å². The topological polar surface area (TPSA) is 84.2 Å². The summed E-state index contributed by atoms with van der Waals surface area (Å²) < 4.78 is 0. The summed E-state index contributed by atoms with van der Waals surface area (Å²) in [5.41, 5.74) is -0.0388. The number of aromatic hydroxyl groups is 2. The van der Waals surface area contributed by atoms with Crippen molar-refractivity contribution in [2.24, 2.45) is 0 Å². The van der Waals surface area contributed by atoms with Crippen LogP contribution in [-0.4, -0.2) is 70.4 Å². The standard InChI is InChI=1S/C14H20N2O4/c17-10-9-15-5-2-6-16(8-7-15)14(20)13-11(18)3-1-4-12(13)19/h1,3-4,17-19H,2,5-10H2. The fourth-order valence-corrected chi connectivity index (χ4v) is 2.44. The Kier molecular flexibility index (Phi) is 4.81. The molecule has 1 aromatic carbocycles. The second-order valence-electron chi connectivity index (χ2n) is 4.88. The zero-order valence-corrected chi connectivity index (χ0v) is 11.3. The van der Waals surface area contributed by atoms with Crippen molar-refractivity contribution < 1.29 is 20.1 Å².